The second kappa shape index (κ2) is 7.24. The van der Waals surface area contributed by atoms with Gasteiger partial charge in [0, 0.05) is 12.1 Å². The molecule has 1 saturated heterocycles. The monoisotopic (exact) mass is 280 g/mol. The van der Waals surface area contributed by atoms with Crippen LogP contribution in [0.25, 0.3) is 0 Å². The topological polar surface area (TPSA) is 35.5 Å². The lowest BCUT2D eigenvalue weighted by atomic mass is 9.92. The molecule has 2 N–H and O–H groups in total. The van der Waals surface area contributed by atoms with Crippen molar-refractivity contribution in [1.29, 1.82) is 0 Å². The zero-order chi connectivity index (χ0) is 13.8. The number of nitrogens with one attached hydrogen (secondary N) is 1. The number of aliphatic hydroxyl groups is 1. The zero-order valence-corrected chi connectivity index (χ0v) is 12.9. The molecule has 0 aromatic heterocycles. The van der Waals surface area contributed by atoms with Gasteiger partial charge in [-0.2, -0.15) is 0 Å². The van der Waals surface area contributed by atoms with Gasteiger partial charge < -0.3 is 15.3 Å². The lowest BCUT2D eigenvalue weighted by Crippen LogP contribution is -2.47. The van der Waals surface area contributed by atoms with E-state index in [0.717, 1.165) is 37.4 Å². The van der Waals surface area contributed by atoms with Crippen molar-refractivity contribution in [2.75, 3.05) is 19.6 Å². The number of hydrogen-bond acceptors (Lipinski definition) is 3. The van der Waals surface area contributed by atoms with Gasteiger partial charge in [0.05, 0.1) is 6.10 Å². The minimum absolute atomic E-state index is 0.0186. The van der Waals surface area contributed by atoms with Gasteiger partial charge in [0.25, 0.3) is 0 Å². The molecule has 0 spiro atoms. The van der Waals surface area contributed by atoms with Crippen molar-refractivity contribution in [3.63, 3.8) is 0 Å². The highest BCUT2D eigenvalue weighted by Crippen LogP contribution is 2.27. The van der Waals surface area contributed by atoms with Gasteiger partial charge in [-0.3, -0.25) is 0 Å². The molecule has 20 heavy (non-hydrogen) atoms. The molecule has 3 heteroatoms. The van der Waals surface area contributed by atoms with Crippen molar-refractivity contribution < 1.29 is 5.11 Å². The molecule has 3 rings (SSSR count). The summed E-state index contributed by atoms with van der Waals surface area (Å²) in [5.74, 6) is 0.723. The first kappa shape index (κ1) is 14.8. The molecule has 0 radical (unpaired) electrons. The maximum Gasteiger partial charge on any atom is 0.0543 e. The summed E-state index contributed by atoms with van der Waals surface area (Å²) in [5, 5.41) is 13.4. The summed E-state index contributed by atoms with van der Waals surface area (Å²) >= 11 is 0. The summed E-state index contributed by atoms with van der Waals surface area (Å²) in [7, 11) is 0. The van der Waals surface area contributed by atoms with Crippen molar-refractivity contribution in [3.05, 3.63) is 0 Å². The minimum Gasteiger partial charge on any atom is -0.393 e. The summed E-state index contributed by atoms with van der Waals surface area (Å²) in [6, 6.07) is 1.63. The number of aliphatic hydroxyl groups excluding tert-OH is 1. The maximum absolute atomic E-state index is 9.58. The van der Waals surface area contributed by atoms with E-state index in [9.17, 15) is 5.11 Å². The third kappa shape index (κ3) is 3.96. The first-order valence-electron chi connectivity index (χ1n) is 8.97. The lowest BCUT2D eigenvalue weighted by molar-refractivity contribution is 0.114. The smallest absolute Gasteiger partial charge is 0.0543 e. The molecule has 1 heterocycles. The third-order valence-corrected chi connectivity index (χ3v) is 5.83. The largest absolute Gasteiger partial charge is 0.393 e. The normalized spacial score (nSPS) is 34.6. The Balaban J connectivity index is 1.33. The molecule has 0 aromatic carbocycles. The van der Waals surface area contributed by atoms with Gasteiger partial charge in [-0.05, 0) is 70.5 Å². The van der Waals surface area contributed by atoms with Gasteiger partial charge in [0.1, 0.15) is 0 Å². The first-order chi connectivity index (χ1) is 9.81. The van der Waals surface area contributed by atoms with Gasteiger partial charge in [0.2, 0.25) is 0 Å². The quantitative estimate of drug-likeness (QED) is 0.831. The van der Waals surface area contributed by atoms with Crippen molar-refractivity contribution in [2.24, 2.45) is 5.92 Å². The van der Waals surface area contributed by atoms with Crippen LogP contribution in [0.2, 0.25) is 0 Å². The molecular weight excluding hydrogens is 248 g/mol. The highest BCUT2D eigenvalue weighted by molar-refractivity contribution is 4.84. The molecule has 1 aliphatic heterocycles. The van der Waals surface area contributed by atoms with Crippen molar-refractivity contribution in [1.82, 2.24) is 10.2 Å². The molecule has 2 aliphatic carbocycles. The second-order valence-corrected chi connectivity index (χ2v) is 7.34. The zero-order valence-electron chi connectivity index (χ0n) is 12.9. The number of piperidine rings is 1. The highest BCUT2D eigenvalue weighted by Gasteiger charge is 2.27. The Labute approximate surface area is 124 Å². The van der Waals surface area contributed by atoms with E-state index >= 15 is 0 Å². The van der Waals surface area contributed by atoms with Crippen molar-refractivity contribution in [3.8, 4) is 0 Å². The Kier molecular flexibility index (Phi) is 5.36. The van der Waals surface area contributed by atoms with Crippen LogP contribution >= 0.6 is 0 Å². The van der Waals surface area contributed by atoms with Crippen LogP contribution in [-0.2, 0) is 0 Å². The maximum atomic E-state index is 9.58. The molecule has 3 nitrogen and oxygen atoms in total. The summed E-state index contributed by atoms with van der Waals surface area (Å²) in [6.07, 6.45) is 13.1. The number of likely N-dealkylation sites (tertiary alicyclic amines) is 1. The molecular formula is C17H32N2O. The van der Waals surface area contributed by atoms with Crippen LogP contribution < -0.4 is 5.32 Å². The third-order valence-electron chi connectivity index (χ3n) is 5.83. The van der Waals surface area contributed by atoms with E-state index in [2.05, 4.69) is 10.2 Å². The van der Waals surface area contributed by atoms with Crippen LogP contribution in [0.5, 0.6) is 0 Å². The van der Waals surface area contributed by atoms with Crippen LogP contribution in [0, 0.1) is 5.92 Å². The molecule has 116 valence electrons. The van der Waals surface area contributed by atoms with Crippen LogP contribution in [0.15, 0.2) is 0 Å². The Morgan fingerprint density at radius 1 is 0.900 bits per heavy atom. The predicted octanol–water partition coefficient (Wildman–Crippen LogP) is 2.53. The molecule has 3 aliphatic rings. The highest BCUT2D eigenvalue weighted by atomic mass is 16.3. The van der Waals surface area contributed by atoms with E-state index in [1.807, 2.05) is 0 Å². The van der Waals surface area contributed by atoms with E-state index in [4.69, 9.17) is 0 Å². The first-order valence-corrected chi connectivity index (χ1v) is 8.97. The standard InChI is InChI=1S/C17H32N2O/c20-17-7-6-14(12-17)13-18-15-8-10-19(11-9-15)16-4-2-1-3-5-16/h14-18,20H,1-13H2. The number of rotatable bonds is 4. The molecule has 3 fully saturated rings. The van der Waals surface area contributed by atoms with Crippen molar-refractivity contribution >= 4 is 0 Å². The van der Waals surface area contributed by atoms with Gasteiger partial charge >= 0.3 is 0 Å². The van der Waals surface area contributed by atoms with Gasteiger partial charge in [0.15, 0.2) is 0 Å². The molecule has 0 amide bonds. The second-order valence-electron chi connectivity index (χ2n) is 7.34. The summed E-state index contributed by atoms with van der Waals surface area (Å²) in [4.78, 5) is 2.76. The Morgan fingerprint density at radius 3 is 2.30 bits per heavy atom. The van der Waals surface area contributed by atoms with E-state index in [1.54, 1.807) is 0 Å². The molecule has 2 atom stereocenters. The van der Waals surface area contributed by atoms with E-state index in [-0.39, 0.29) is 6.10 Å². The van der Waals surface area contributed by atoms with E-state index < -0.39 is 0 Å². The Bertz CT molecular complexity index is 283. The lowest BCUT2D eigenvalue weighted by Gasteiger charge is -2.39. The Morgan fingerprint density at radius 2 is 1.65 bits per heavy atom. The number of hydrogen-bond donors (Lipinski definition) is 2. The average molecular weight is 280 g/mol. The predicted molar refractivity (Wildman–Crippen MR) is 82.8 cm³/mol. The molecule has 0 bridgehead atoms. The van der Waals surface area contributed by atoms with E-state index in [0.29, 0.717) is 0 Å². The number of nitrogens with zero attached hydrogens (tertiary/aromatic N) is 1. The van der Waals surface area contributed by atoms with Crippen molar-refractivity contribution in [2.45, 2.75) is 82.4 Å². The van der Waals surface area contributed by atoms with E-state index in [1.165, 1.54) is 64.5 Å². The Hall–Kier alpha value is -0.120. The summed E-state index contributed by atoms with van der Waals surface area (Å²) < 4.78 is 0. The SMILES string of the molecule is OC1CCC(CNC2CCN(C3CCCCC3)CC2)C1. The summed E-state index contributed by atoms with van der Waals surface area (Å²) in [5.41, 5.74) is 0. The summed E-state index contributed by atoms with van der Waals surface area (Å²) in [6.45, 7) is 3.73. The van der Waals surface area contributed by atoms with Crippen LogP contribution in [-0.4, -0.2) is 47.8 Å². The van der Waals surface area contributed by atoms with Gasteiger partial charge in [-0.1, -0.05) is 19.3 Å². The minimum atomic E-state index is -0.0186. The fraction of sp³-hybridized carbons (Fsp3) is 1.00. The van der Waals surface area contributed by atoms with Crippen LogP contribution in [0.3, 0.4) is 0 Å². The fourth-order valence-electron chi connectivity index (χ4n) is 4.48. The molecule has 2 unspecified atom stereocenters. The molecule has 0 aromatic rings. The average Bonchev–Trinajstić information content (AvgIpc) is 2.92. The fourth-order valence-corrected chi connectivity index (χ4v) is 4.48. The van der Waals surface area contributed by atoms with Crippen LogP contribution in [0.1, 0.15) is 64.2 Å². The molecule has 2 saturated carbocycles. The van der Waals surface area contributed by atoms with Gasteiger partial charge in [-0.15, -0.1) is 0 Å². The van der Waals surface area contributed by atoms with Crippen LogP contribution in [0.4, 0.5) is 0 Å². The van der Waals surface area contributed by atoms with Gasteiger partial charge in [-0.25, -0.2) is 0 Å².